The zero-order chi connectivity index (χ0) is 19.8. The number of nitrogens with zero attached hydrogens (tertiary/aromatic N) is 4. The molecule has 7 nitrogen and oxygen atoms in total. The van der Waals surface area contributed by atoms with Gasteiger partial charge in [0.1, 0.15) is 5.52 Å². The van der Waals surface area contributed by atoms with Crippen molar-refractivity contribution < 1.29 is 4.79 Å². The summed E-state index contributed by atoms with van der Waals surface area (Å²) in [7, 11) is 0. The number of fused-ring (bicyclic) bond motifs is 2. The number of nitrogens with one attached hydrogen (secondary N) is 1. The number of aromatic amines is 1. The van der Waals surface area contributed by atoms with E-state index < -0.39 is 6.04 Å². The van der Waals surface area contributed by atoms with Crippen LogP contribution in [0.2, 0.25) is 0 Å². The maximum Gasteiger partial charge on any atom is 0.254 e. The molecule has 0 saturated carbocycles. The molecule has 3 aromatic heterocycles. The van der Waals surface area contributed by atoms with Crippen molar-refractivity contribution in [3.05, 3.63) is 66.2 Å². The van der Waals surface area contributed by atoms with Gasteiger partial charge in [-0.25, -0.2) is 15.0 Å². The quantitative estimate of drug-likeness (QED) is 0.563. The minimum absolute atomic E-state index is 0.0173. The Morgan fingerprint density at radius 2 is 2.14 bits per heavy atom. The smallest absolute Gasteiger partial charge is 0.254 e. The first-order valence-electron chi connectivity index (χ1n) is 9.92. The third-order valence-electron chi connectivity index (χ3n) is 5.70. The van der Waals surface area contributed by atoms with Gasteiger partial charge in [0.15, 0.2) is 5.65 Å². The van der Waals surface area contributed by atoms with E-state index >= 15 is 0 Å². The normalized spacial score (nSPS) is 18.2. The number of aromatic nitrogens is 4. The Morgan fingerprint density at radius 3 is 3.07 bits per heavy atom. The standard InChI is InChI=1S/C22H22N6O/c23-20(18-13-26-21-17(27-18)4-3-9-25-21)19-5-1-2-11-28(19)22(29)15-6-7-16-14(12-15)8-10-24-16/h3-4,6-10,12-13,19-20,24H,1-2,5,11,23H2/t19-,20?/m0/s1. The molecule has 1 unspecified atom stereocenters. The molecule has 4 aromatic rings. The molecule has 1 aliphatic heterocycles. The fraction of sp³-hybridized carbons (Fsp3) is 0.273. The summed E-state index contributed by atoms with van der Waals surface area (Å²) in [5, 5.41) is 1.03. The highest BCUT2D eigenvalue weighted by molar-refractivity contribution is 5.98. The van der Waals surface area contributed by atoms with Gasteiger partial charge in [-0.1, -0.05) is 0 Å². The largest absolute Gasteiger partial charge is 0.361 e. The van der Waals surface area contributed by atoms with E-state index in [0.29, 0.717) is 29.0 Å². The van der Waals surface area contributed by atoms with Crippen molar-refractivity contribution >= 4 is 28.0 Å². The minimum Gasteiger partial charge on any atom is -0.361 e. The van der Waals surface area contributed by atoms with Crippen LogP contribution in [-0.4, -0.2) is 43.3 Å². The van der Waals surface area contributed by atoms with Crippen LogP contribution in [0.1, 0.15) is 41.4 Å². The van der Waals surface area contributed by atoms with Crippen molar-refractivity contribution in [1.82, 2.24) is 24.8 Å². The molecule has 2 atom stereocenters. The van der Waals surface area contributed by atoms with Gasteiger partial charge in [-0.3, -0.25) is 4.79 Å². The van der Waals surface area contributed by atoms with Crippen molar-refractivity contribution in [2.75, 3.05) is 6.54 Å². The molecule has 0 radical (unpaired) electrons. The monoisotopic (exact) mass is 386 g/mol. The summed E-state index contributed by atoms with van der Waals surface area (Å²) in [4.78, 5) is 31.7. The number of hydrogen-bond acceptors (Lipinski definition) is 5. The van der Waals surface area contributed by atoms with Crippen LogP contribution in [0.25, 0.3) is 22.1 Å². The van der Waals surface area contributed by atoms with Gasteiger partial charge in [-0.2, -0.15) is 0 Å². The Labute approximate surface area is 168 Å². The van der Waals surface area contributed by atoms with E-state index in [1.807, 2.05) is 47.5 Å². The first kappa shape index (κ1) is 17.8. The Balaban J connectivity index is 1.45. The van der Waals surface area contributed by atoms with Crippen LogP contribution in [0.15, 0.2) is 55.0 Å². The topological polar surface area (TPSA) is 101 Å². The van der Waals surface area contributed by atoms with Crippen molar-refractivity contribution in [1.29, 1.82) is 0 Å². The molecule has 3 N–H and O–H groups in total. The number of carbonyl (C=O) groups excluding carboxylic acids is 1. The molecule has 0 spiro atoms. The molecule has 29 heavy (non-hydrogen) atoms. The van der Waals surface area contributed by atoms with Gasteiger partial charge in [-0.15, -0.1) is 0 Å². The second kappa shape index (κ2) is 7.25. The lowest BCUT2D eigenvalue weighted by Crippen LogP contribution is -2.49. The number of pyridine rings is 1. The summed E-state index contributed by atoms with van der Waals surface area (Å²) in [6, 6.07) is 10.9. The minimum atomic E-state index is -0.396. The van der Waals surface area contributed by atoms with Gasteiger partial charge in [0.2, 0.25) is 0 Å². The zero-order valence-electron chi connectivity index (χ0n) is 16.0. The average molecular weight is 386 g/mol. The molecule has 7 heteroatoms. The maximum atomic E-state index is 13.3. The molecule has 0 aliphatic carbocycles. The number of hydrogen-bond donors (Lipinski definition) is 2. The first-order valence-corrected chi connectivity index (χ1v) is 9.92. The molecule has 1 aromatic carbocycles. The van der Waals surface area contributed by atoms with Crippen LogP contribution in [0.4, 0.5) is 0 Å². The predicted octanol–water partition coefficient (Wildman–Crippen LogP) is 3.20. The van der Waals surface area contributed by atoms with Crippen molar-refractivity contribution in [2.24, 2.45) is 5.73 Å². The maximum absolute atomic E-state index is 13.3. The second-order valence-electron chi connectivity index (χ2n) is 7.51. The number of likely N-dealkylation sites (tertiary alicyclic amines) is 1. The summed E-state index contributed by atoms with van der Waals surface area (Å²) in [6.45, 7) is 0.699. The number of benzene rings is 1. The van der Waals surface area contributed by atoms with Crippen molar-refractivity contribution in [3.63, 3.8) is 0 Å². The number of carbonyl (C=O) groups is 1. The molecule has 1 amide bonds. The van der Waals surface area contributed by atoms with E-state index in [9.17, 15) is 4.79 Å². The molecular weight excluding hydrogens is 364 g/mol. The van der Waals surface area contributed by atoms with Crippen LogP contribution >= 0.6 is 0 Å². The lowest BCUT2D eigenvalue weighted by atomic mass is 9.93. The summed E-state index contributed by atoms with van der Waals surface area (Å²) < 4.78 is 0. The zero-order valence-corrected chi connectivity index (χ0v) is 16.0. The van der Waals surface area contributed by atoms with Crippen LogP contribution in [-0.2, 0) is 0 Å². The van der Waals surface area contributed by atoms with Gasteiger partial charge in [-0.05, 0) is 55.7 Å². The lowest BCUT2D eigenvalue weighted by Gasteiger charge is -2.39. The summed E-state index contributed by atoms with van der Waals surface area (Å²) >= 11 is 0. The van der Waals surface area contributed by atoms with E-state index in [2.05, 4.69) is 19.9 Å². The number of H-pyrrole nitrogens is 1. The predicted molar refractivity (Wildman–Crippen MR) is 111 cm³/mol. The van der Waals surface area contributed by atoms with Crippen molar-refractivity contribution in [2.45, 2.75) is 31.3 Å². The van der Waals surface area contributed by atoms with E-state index in [1.54, 1.807) is 12.4 Å². The molecule has 5 rings (SSSR count). The highest BCUT2D eigenvalue weighted by atomic mass is 16.2. The lowest BCUT2D eigenvalue weighted by molar-refractivity contribution is 0.0572. The first-order chi connectivity index (χ1) is 14.2. The van der Waals surface area contributed by atoms with E-state index in [-0.39, 0.29) is 11.9 Å². The van der Waals surface area contributed by atoms with E-state index in [4.69, 9.17) is 5.73 Å². The van der Waals surface area contributed by atoms with Crippen molar-refractivity contribution in [3.8, 4) is 0 Å². The molecule has 0 bridgehead atoms. The Hall–Kier alpha value is -3.32. The Bertz CT molecular complexity index is 1190. The molecule has 1 fully saturated rings. The third kappa shape index (κ3) is 3.23. The fourth-order valence-corrected chi connectivity index (χ4v) is 4.16. The average Bonchev–Trinajstić information content (AvgIpc) is 3.25. The highest BCUT2D eigenvalue weighted by Gasteiger charge is 2.33. The SMILES string of the molecule is NC(c1cnc2ncccc2n1)[C@@H]1CCCCN1C(=O)c1ccc2[nH]ccc2c1. The van der Waals surface area contributed by atoms with Crippen LogP contribution < -0.4 is 5.73 Å². The summed E-state index contributed by atoms with van der Waals surface area (Å²) in [5.74, 6) is 0.0173. The van der Waals surface area contributed by atoms with Crippen LogP contribution in [0.5, 0.6) is 0 Å². The van der Waals surface area contributed by atoms with Gasteiger partial charge >= 0.3 is 0 Å². The highest BCUT2D eigenvalue weighted by Crippen LogP contribution is 2.28. The third-order valence-corrected chi connectivity index (χ3v) is 5.70. The van der Waals surface area contributed by atoms with Crippen LogP contribution in [0, 0.1) is 0 Å². The molecule has 4 heterocycles. The van der Waals surface area contributed by atoms with Crippen LogP contribution in [0.3, 0.4) is 0 Å². The fourth-order valence-electron chi connectivity index (χ4n) is 4.16. The molecular formula is C22H22N6O. The summed E-state index contributed by atoms with van der Waals surface area (Å²) in [6.07, 6.45) is 8.14. The Kier molecular flexibility index (Phi) is 4.44. The number of nitrogens with two attached hydrogens (primary N) is 1. The van der Waals surface area contributed by atoms with Gasteiger partial charge in [0.05, 0.1) is 24.0 Å². The van der Waals surface area contributed by atoms with E-state index in [0.717, 1.165) is 30.2 Å². The van der Waals surface area contributed by atoms with Gasteiger partial charge in [0, 0.05) is 35.4 Å². The Morgan fingerprint density at radius 1 is 1.21 bits per heavy atom. The van der Waals surface area contributed by atoms with Gasteiger partial charge < -0.3 is 15.6 Å². The van der Waals surface area contributed by atoms with E-state index in [1.165, 1.54) is 0 Å². The number of piperidine rings is 1. The summed E-state index contributed by atoms with van der Waals surface area (Å²) in [5.41, 5.74) is 10.3. The molecule has 1 aliphatic rings. The van der Waals surface area contributed by atoms with Gasteiger partial charge in [0.25, 0.3) is 5.91 Å². The number of rotatable bonds is 3. The molecule has 146 valence electrons. The number of amides is 1. The molecule has 1 saturated heterocycles. The second-order valence-corrected chi connectivity index (χ2v) is 7.51.